The molecule has 2 aromatic rings. The SMILES string of the molecule is NC(=O)c1cc2ccccc2nc1NCC1CCCNC1. The summed E-state index contributed by atoms with van der Waals surface area (Å²) in [5, 5.41) is 7.62. The molecule has 1 saturated heterocycles. The Labute approximate surface area is 123 Å². The summed E-state index contributed by atoms with van der Waals surface area (Å²) in [6.07, 6.45) is 2.39. The molecule has 1 unspecified atom stereocenters. The van der Waals surface area contributed by atoms with Gasteiger partial charge in [0.1, 0.15) is 5.82 Å². The van der Waals surface area contributed by atoms with Gasteiger partial charge in [0.25, 0.3) is 5.91 Å². The number of anilines is 1. The summed E-state index contributed by atoms with van der Waals surface area (Å²) in [4.78, 5) is 16.2. The lowest BCUT2D eigenvalue weighted by atomic mass is 9.99. The van der Waals surface area contributed by atoms with Crippen LogP contribution in [-0.4, -0.2) is 30.5 Å². The van der Waals surface area contributed by atoms with E-state index in [1.54, 1.807) is 0 Å². The van der Waals surface area contributed by atoms with E-state index in [-0.39, 0.29) is 0 Å². The average Bonchev–Trinajstić information content (AvgIpc) is 2.53. The number of amides is 1. The first-order chi connectivity index (χ1) is 10.2. The van der Waals surface area contributed by atoms with Crippen LogP contribution in [-0.2, 0) is 0 Å². The number of nitrogens with zero attached hydrogens (tertiary/aromatic N) is 1. The molecule has 0 aliphatic carbocycles. The van der Waals surface area contributed by atoms with Crippen molar-refractivity contribution in [3.63, 3.8) is 0 Å². The Morgan fingerprint density at radius 1 is 1.43 bits per heavy atom. The van der Waals surface area contributed by atoms with Crippen LogP contribution in [0.1, 0.15) is 23.2 Å². The van der Waals surface area contributed by atoms with Crippen LogP contribution < -0.4 is 16.4 Å². The summed E-state index contributed by atoms with van der Waals surface area (Å²) in [5.74, 6) is 0.706. The van der Waals surface area contributed by atoms with Gasteiger partial charge in [0.05, 0.1) is 11.1 Å². The van der Waals surface area contributed by atoms with Crippen molar-refractivity contribution in [2.45, 2.75) is 12.8 Å². The summed E-state index contributed by atoms with van der Waals surface area (Å²) in [6.45, 7) is 2.91. The number of carbonyl (C=O) groups is 1. The maximum Gasteiger partial charge on any atom is 0.252 e. The second kappa shape index (κ2) is 6.10. The molecular formula is C16H20N4O. The molecule has 1 aromatic carbocycles. The van der Waals surface area contributed by atoms with Gasteiger partial charge in [0.2, 0.25) is 0 Å². The van der Waals surface area contributed by atoms with E-state index in [1.165, 1.54) is 12.8 Å². The molecule has 110 valence electrons. The number of nitrogens with one attached hydrogen (secondary N) is 2. The van der Waals surface area contributed by atoms with Gasteiger partial charge in [0.15, 0.2) is 0 Å². The van der Waals surface area contributed by atoms with Crippen LogP contribution in [0, 0.1) is 5.92 Å². The second-order valence-corrected chi connectivity index (χ2v) is 5.53. The number of hydrogen-bond donors (Lipinski definition) is 3. The van der Waals surface area contributed by atoms with Crippen molar-refractivity contribution >= 4 is 22.6 Å². The zero-order valence-electron chi connectivity index (χ0n) is 11.9. The monoisotopic (exact) mass is 284 g/mol. The summed E-state index contributed by atoms with van der Waals surface area (Å²) in [6, 6.07) is 9.55. The summed E-state index contributed by atoms with van der Waals surface area (Å²) in [7, 11) is 0. The van der Waals surface area contributed by atoms with Crippen molar-refractivity contribution < 1.29 is 4.79 Å². The zero-order chi connectivity index (χ0) is 14.7. The number of piperidine rings is 1. The number of carbonyl (C=O) groups excluding carboxylic acids is 1. The number of fused-ring (bicyclic) bond motifs is 1. The Bertz CT molecular complexity index is 650. The van der Waals surface area contributed by atoms with Crippen LogP contribution in [0.2, 0.25) is 0 Å². The first-order valence-electron chi connectivity index (χ1n) is 7.38. The van der Waals surface area contributed by atoms with Crippen molar-refractivity contribution in [3.8, 4) is 0 Å². The molecule has 1 aromatic heterocycles. The van der Waals surface area contributed by atoms with E-state index in [1.807, 2.05) is 30.3 Å². The summed E-state index contributed by atoms with van der Waals surface area (Å²) < 4.78 is 0. The van der Waals surface area contributed by atoms with Crippen molar-refractivity contribution in [2.75, 3.05) is 25.0 Å². The quantitative estimate of drug-likeness (QED) is 0.799. The number of benzene rings is 1. The first kappa shape index (κ1) is 13.8. The summed E-state index contributed by atoms with van der Waals surface area (Å²) in [5.41, 5.74) is 6.81. The van der Waals surface area contributed by atoms with Gasteiger partial charge in [-0.05, 0) is 44.0 Å². The predicted octanol–water partition coefficient (Wildman–Crippen LogP) is 1.75. The van der Waals surface area contributed by atoms with Crippen molar-refractivity contribution in [1.82, 2.24) is 10.3 Å². The van der Waals surface area contributed by atoms with Crippen LogP contribution in [0.25, 0.3) is 10.9 Å². The minimum atomic E-state index is -0.447. The Morgan fingerprint density at radius 2 is 2.29 bits per heavy atom. The lowest BCUT2D eigenvalue weighted by molar-refractivity contribution is 0.100. The molecule has 2 heterocycles. The highest BCUT2D eigenvalue weighted by molar-refractivity contribution is 6.01. The molecule has 1 amide bonds. The topological polar surface area (TPSA) is 80.0 Å². The maximum absolute atomic E-state index is 11.6. The van der Waals surface area contributed by atoms with E-state index in [2.05, 4.69) is 15.6 Å². The van der Waals surface area contributed by atoms with Crippen LogP contribution in [0.4, 0.5) is 5.82 Å². The molecule has 3 rings (SSSR count). The van der Waals surface area contributed by atoms with Gasteiger partial charge in [-0.15, -0.1) is 0 Å². The third-order valence-electron chi connectivity index (χ3n) is 3.95. The second-order valence-electron chi connectivity index (χ2n) is 5.53. The number of rotatable bonds is 4. The van der Waals surface area contributed by atoms with Gasteiger partial charge in [-0.3, -0.25) is 4.79 Å². The number of primary amides is 1. The van der Waals surface area contributed by atoms with Gasteiger partial charge >= 0.3 is 0 Å². The summed E-state index contributed by atoms with van der Waals surface area (Å²) >= 11 is 0. The molecule has 1 aliphatic rings. The van der Waals surface area contributed by atoms with Gasteiger partial charge < -0.3 is 16.4 Å². The molecule has 5 heteroatoms. The normalized spacial score (nSPS) is 18.6. The number of pyridine rings is 1. The van der Waals surface area contributed by atoms with E-state index in [0.717, 1.165) is 30.5 Å². The Balaban J connectivity index is 1.84. The lowest BCUT2D eigenvalue weighted by Gasteiger charge is -2.23. The van der Waals surface area contributed by atoms with E-state index < -0.39 is 5.91 Å². The highest BCUT2D eigenvalue weighted by atomic mass is 16.1. The van der Waals surface area contributed by atoms with Crippen LogP contribution in [0.5, 0.6) is 0 Å². The van der Waals surface area contributed by atoms with E-state index in [0.29, 0.717) is 17.3 Å². The number of para-hydroxylation sites is 1. The zero-order valence-corrected chi connectivity index (χ0v) is 11.9. The largest absolute Gasteiger partial charge is 0.369 e. The van der Waals surface area contributed by atoms with Crippen molar-refractivity contribution in [1.29, 1.82) is 0 Å². The van der Waals surface area contributed by atoms with Crippen LogP contribution in [0.3, 0.4) is 0 Å². The van der Waals surface area contributed by atoms with Crippen molar-refractivity contribution in [3.05, 3.63) is 35.9 Å². The third kappa shape index (κ3) is 3.13. The standard InChI is InChI=1S/C16H20N4O/c17-15(21)13-8-12-5-1-2-6-14(12)20-16(13)19-10-11-4-3-7-18-9-11/h1-2,5-6,8,11,18H,3-4,7,9-10H2,(H2,17,21)(H,19,20). The van der Waals surface area contributed by atoms with Gasteiger partial charge in [-0.2, -0.15) is 0 Å². The number of nitrogens with two attached hydrogens (primary N) is 1. The van der Waals surface area contributed by atoms with Gasteiger partial charge in [-0.25, -0.2) is 4.98 Å². The number of aromatic nitrogens is 1. The molecule has 5 nitrogen and oxygen atoms in total. The van der Waals surface area contributed by atoms with E-state index >= 15 is 0 Å². The third-order valence-corrected chi connectivity index (χ3v) is 3.95. The fraction of sp³-hybridized carbons (Fsp3) is 0.375. The molecule has 0 bridgehead atoms. The molecule has 1 fully saturated rings. The molecule has 0 radical (unpaired) electrons. The Kier molecular flexibility index (Phi) is 4.01. The first-order valence-corrected chi connectivity index (χ1v) is 7.38. The Morgan fingerprint density at radius 3 is 3.05 bits per heavy atom. The van der Waals surface area contributed by atoms with Crippen LogP contribution >= 0.6 is 0 Å². The molecular weight excluding hydrogens is 264 g/mol. The molecule has 1 aliphatic heterocycles. The molecule has 4 N–H and O–H groups in total. The fourth-order valence-electron chi connectivity index (χ4n) is 2.78. The van der Waals surface area contributed by atoms with Gasteiger partial charge in [-0.1, -0.05) is 18.2 Å². The molecule has 1 atom stereocenters. The maximum atomic E-state index is 11.6. The number of hydrogen-bond acceptors (Lipinski definition) is 4. The average molecular weight is 284 g/mol. The minimum absolute atomic E-state index is 0.447. The lowest BCUT2D eigenvalue weighted by Crippen LogP contribution is -2.34. The fourth-order valence-corrected chi connectivity index (χ4v) is 2.78. The van der Waals surface area contributed by atoms with E-state index in [9.17, 15) is 4.79 Å². The van der Waals surface area contributed by atoms with E-state index in [4.69, 9.17) is 5.73 Å². The highest BCUT2D eigenvalue weighted by Crippen LogP contribution is 2.21. The minimum Gasteiger partial charge on any atom is -0.369 e. The Hall–Kier alpha value is -2.14. The molecule has 21 heavy (non-hydrogen) atoms. The predicted molar refractivity (Wildman–Crippen MR) is 84.3 cm³/mol. The smallest absolute Gasteiger partial charge is 0.252 e. The molecule has 0 saturated carbocycles. The highest BCUT2D eigenvalue weighted by Gasteiger charge is 2.16. The van der Waals surface area contributed by atoms with Gasteiger partial charge in [0, 0.05) is 11.9 Å². The van der Waals surface area contributed by atoms with Crippen molar-refractivity contribution in [2.24, 2.45) is 11.7 Å². The molecule has 0 spiro atoms. The van der Waals surface area contributed by atoms with Crippen LogP contribution in [0.15, 0.2) is 30.3 Å².